The van der Waals surface area contributed by atoms with Crippen LogP contribution in [-0.2, 0) is 15.9 Å². The van der Waals surface area contributed by atoms with Crippen molar-refractivity contribution in [3.8, 4) is 0 Å². The third-order valence-electron chi connectivity index (χ3n) is 2.92. The summed E-state index contributed by atoms with van der Waals surface area (Å²) in [4.78, 5) is 0. The van der Waals surface area contributed by atoms with Crippen LogP contribution in [0.1, 0.15) is 11.1 Å². The first-order valence-corrected chi connectivity index (χ1v) is 5.55. The predicted octanol–water partition coefficient (Wildman–Crippen LogP) is 2.56. The highest BCUT2D eigenvalue weighted by Crippen LogP contribution is 2.28. The summed E-state index contributed by atoms with van der Waals surface area (Å²) in [6, 6.07) is 8.35. The standard InChI is InChI=1S/C14H14O2/c1-10-6-11-4-2-3-5-12(11)7-14(10)16-9-13-8-15-13/h2-5,7,13H,1,6,8-9H2. The number of epoxide rings is 1. The molecule has 0 N–H and O–H groups in total. The van der Waals surface area contributed by atoms with Crippen molar-refractivity contribution in [2.24, 2.45) is 0 Å². The molecule has 0 radical (unpaired) electrons. The quantitative estimate of drug-likeness (QED) is 0.721. The van der Waals surface area contributed by atoms with Crippen molar-refractivity contribution >= 4 is 6.08 Å². The van der Waals surface area contributed by atoms with Crippen LogP contribution >= 0.6 is 0 Å². The summed E-state index contributed by atoms with van der Waals surface area (Å²) >= 11 is 0. The summed E-state index contributed by atoms with van der Waals surface area (Å²) in [5.41, 5.74) is 3.61. The Bertz CT molecular complexity index is 456. The fourth-order valence-electron chi connectivity index (χ4n) is 1.89. The van der Waals surface area contributed by atoms with E-state index in [1.54, 1.807) is 0 Å². The van der Waals surface area contributed by atoms with Crippen LogP contribution < -0.4 is 0 Å². The molecule has 1 aliphatic heterocycles. The summed E-state index contributed by atoms with van der Waals surface area (Å²) < 4.78 is 10.8. The minimum Gasteiger partial charge on any atom is -0.490 e. The van der Waals surface area contributed by atoms with E-state index in [0.717, 1.165) is 24.4 Å². The molecule has 82 valence electrons. The van der Waals surface area contributed by atoms with Gasteiger partial charge in [0.15, 0.2) is 0 Å². The number of rotatable bonds is 3. The second kappa shape index (κ2) is 3.80. The fourth-order valence-corrected chi connectivity index (χ4v) is 1.89. The average molecular weight is 214 g/mol. The van der Waals surface area contributed by atoms with Crippen LogP contribution in [0.25, 0.3) is 6.08 Å². The largest absolute Gasteiger partial charge is 0.490 e. The highest BCUT2D eigenvalue weighted by molar-refractivity contribution is 5.64. The number of benzene rings is 1. The van der Waals surface area contributed by atoms with E-state index in [2.05, 4.69) is 30.9 Å². The molecule has 1 aromatic carbocycles. The minimum absolute atomic E-state index is 0.297. The summed E-state index contributed by atoms with van der Waals surface area (Å²) in [6.07, 6.45) is 3.25. The highest BCUT2D eigenvalue weighted by Gasteiger charge is 2.24. The van der Waals surface area contributed by atoms with E-state index < -0.39 is 0 Å². The van der Waals surface area contributed by atoms with Gasteiger partial charge in [0.25, 0.3) is 0 Å². The number of hydrogen-bond donors (Lipinski definition) is 0. The monoisotopic (exact) mass is 214 g/mol. The van der Waals surface area contributed by atoms with Gasteiger partial charge in [-0.15, -0.1) is 0 Å². The molecule has 1 aliphatic carbocycles. The van der Waals surface area contributed by atoms with Crippen LogP contribution in [0, 0.1) is 0 Å². The zero-order chi connectivity index (χ0) is 11.0. The van der Waals surface area contributed by atoms with Crippen molar-refractivity contribution in [1.82, 2.24) is 0 Å². The van der Waals surface area contributed by atoms with Crippen LogP contribution in [0.4, 0.5) is 0 Å². The predicted molar refractivity (Wildman–Crippen MR) is 63.0 cm³/mol. The molecule has 0 bridgehead atoms. The van der Waals surface area contributed by atoms with Crippen molar-refractivity contribution in [1.29, 1.82) is 0 Å². The number of hydrogen-bond acceptors (Lipinski definition) is 2. The topological polar surface area (TPSA) is 21.8 Å². The molecule has 2 aliphatic rings. The first-order chi connectivity index (χ1) is 7.83. The molecule has 1 unspecified atom stereocenters. The van der Waals surface area contributed by atoms with E-state index in [1.165, 1.54) is 11.1 Å². The zero-order valence-electron chi connectivity index (χ0n) is 9.11. The van der Waals surface area contributed by atoms with Crippen molar-refractivity contribution < 1.29 is 9.47 Å². The minimum atomic E-state index is 0.297. The summed E-state index contributed by atoms with van der Waals surface area (Å²) in [5.74, 6) is 0.911. The molecule has 2 nitrogen and oxygen atoms in total. The van der Waals surface area contributed by atoms with E-state index in [0.29, 0.717) is 12.7 Å². The Morgan fingerprint density at radius 2 is 2.19 bits per heavy atom. The molecule has 1 atom stereocenters. The first kappa shape index (κ1) is 9.67. The number of ether oxygens (including phenoxy) is 2. The van der Waals surface area contributed by atoms with Gasteiger partial charge in [-0.05, 0) is 22.8 Å². The SMILES string of the molecule is C=C1Cc2ccccc2C=C1OCC1CO1. The zero-order valence-corrected chi connectivity index (χ0v) is 9.11. The Hall–Kier alpha value is -1.54. The van der Waals surface area contributed by atoms with Gasteiger partial charge in [-0.2, -0.15) is 0 Å². The lowest BCUT2D eigenvalue weighted by molar-refractivity contribution is 0.191. The van der Waals surface area contributed by atoms with Crippen LogP contribution in [0.15, 0.2) is 42.2 Å². The maximum absolute atomic E-state index is 5.71. The Morgan fingerprint density at radius 1 is 1.38 bits per heavy atom. The molecule has 16 heavy (non-hydrogen) atoms. The fraction of sp³-hybridized carbons (Fsp3) is 0.286. The maximum Gasteiger partial charge on any atom is 0.122 e. The van der Waals surface area contributed by atoms with Crippen LogP contribution in [0.5, 0.6) is 0 Å². The molecular weight excluding hydrogens is 200 g/mol. The lowest BCUT2D eigenvalue weighted by Crippen LogP contribution is -2.08. The van der Waals surface area contributed by atoms with E-state index in [1.807, 2.05) is 6.07 Å². The molecule has 1 saturated heterocycles. The Kier molecular flexibility index (Phi) is 2.29. The molecular formula is C14H14O2. The smallest absolute Gasteiger partial charge is 0.122 e. The van der Waals surface area contributed by atoms with Gasteiger partial charge in [0.05, 0.1) is 6.61 Å². The normalized spacial score (nSPS) is 22.4. The molecule has 1 fully saturated rings. The second-order valence-corrected chi connectivity index (χ2v) is 4.25. The van der Waals surface area contributed by atoms with E-state index >= 15 is 0 Å². The van der Waals surface area contributed by atoms with E-state index in [4.69, 9.17) is 9.47 Å². The molecule has 3 rings (SSSR count). The summed E-state index contributed by atoms with van der Waals surface area (Å²) in [7, 11) is 0. The molecule has 0 aromatic heterocycles. The summed E-state index contributed by atoms with van der Waals surface area (Å²) in [6.45, 7) is 5.53. The van der Waals surface area contributed by atoms with Crippen LogP contribution in [0.3, 0.4) is 0 Å². The molecule has 0 amide bonds. The Morgan fingerprint density at radius 3 is 3.00 bits per heavy atom. The van der Waals surface area contributed by atoms with Crippen molar-refractivity contribution in [3.63, 3.8) is 0 Å². The maximum atomic E-state index is 5.71. The molecule has 0 saturated carbocycles. The molecule has 1 aromatic rings. The third kappa shape index (κ3) is 1.89. The lowest BCUT2D eigenvalue weighted by Gasteiger charge is -2.19. The highest BCUT2D eigenvalue weighted by atomic mass is 16.6. The summed E-state index contributed by atoms with van der Waals surface area (Å²) in [5, 5.41) is 0. The van der Waals surface area contributed by atoms with Gasteiger partial charge >= 0.3 is 0 Å². The average Bonchev–Trinajstić information content (AvgIpc) is 3.10. The lowest BCUT2D eigenvalue weighted by atomic mass is 9.93. The van der Waals surface area contributed by atoms with E-state index in [-0.39, 0.29) is 0 Å². The van der Waals surface area contributed by atoms with Crippen molar-refractivity contribution in [3.05, 3.63) is 53.3 Å². The molecule has 2 heteroatoms. The van der Waals surface area contributed by atoms with Gasteiger partial charge in [-0.25, -0.2) is 0 Å². The second-order valence-electron chi connectivity index (χ2n) is 4.25. The van der Waals surface area contributed by atoms with Gasteiger partial charge in [0.2, 0.25) is 0 Å². The van der Waals surface area contributed by atoms with Crippen LogP contribution in [-0.4, -0.2) is 19.3 Å². The third-order valence-corrected chi connectivity index (χ3v) is 2.92. The van der Waals surface area contributed by atoms with Gasteiger partial charge in [0.1, 0.15) is 18.5 Å². The van der Waals surface area contributed by atoms with Gasteiger partial charge < -0.3 is 9.47 Å². The van der Waals surface area contributed by atoms with Gasteiger partial charge in [0, 0.05) is 6.42 Å². The Balaban J connectivity index is 1.81. The van der Waals surface area contributed by atoms with E-state index in [9.17, 15) is 0 Å². The Labute approximate surface area is 95.2 Å². The number of allylic oxidation sites excluding steroid dienone is 1. The molecule has 1 heterocycles. The van der Waals surface area contributed by atoms with Gasteiger partial charge in [-0.3, -0.25) is 0 Å². The number of fused-ring (bicyclic) bond motifs is 1. The van der Waals surface area contributed by atoms with Crippen LogP contribution in [0.2, 0.25) is 0 Å². The first-order valence-electron chi connectivity index (χ1n) is 5.55. The van der Waals surface area contributed by atoms with Gasteiger partial charge in [-0.1, -0.05) is 30.8 Å². The van der Waals surface area contributed by atoms with Crippen molar-refractivity contribution in [2.45, 2.75) is 12.5 Å². The molecule has 0 spiro atoms. The van der Waals surface area contributed by atoms with Crippen molar-refractivity contribution in [2.75, 3.05) is 13.2 Å².